The number of carbonyl (C=O) groups is 1. The molecule has 5 atom stereocenters. The molecule has 0 spiro atoms. The minimum Gasteiger partial charge on any atom is -0.462 e. The van der Waals surface area contributed by atoms with Gasteiger partial charge in [0.1, 0.15) is 18.2 Å². The predicted octanol–water partition coefficient (Wildman–Crippen LogP) is 1.28. The summed E-state index contributed by atoms with van der Waals surface area (Å²) in [6.07, 6.45) is 1.60. The monoisotopic (exact) mass is 513 g/mol. The van der Waals surface area contributed by atoms with Gasteiger partial charge in [-0.2, -0.15) is 9.97 Å². The molecular weight excluding hydrogens is 477 g/mol. The van der Waals surface area contributed by atoms with Crippen molar-refractivity contribution in [3.05, 3.63) is 6.33 Å². The molecule has 4 N–H and O–H groups in total. The number of esters is 1. The van der Waals surface area contributed by atoms with Gasteiger partial charge in [0.05, 0.1) is 25.1 Å². The lowest BCUT2D eigenvalue weighted by molar-refractivity contribution is -0.149. The number of imidazole rings is 1. The minimum absolute atomic E-state index is 0.116. The highest BCUT2D eigenvalue weighted by Crippen LogP contribution is 2.33. The van der Waals surface area contributed by atoms with E-state index in [0.717, 1.165) is 12.8 Å². The zero-order valence-electron chi connectivity index (χ0n) is 21.0. The van der Waals surface area contributed by atoms with E-state index in [1.807, 2.05) is 11.9 Å². The largest absolute Gasteiger partial charge is 0.462 e. The molecule has 1 aliphatic carbocycles. The Hall–Kier alpha value is -2.31. The summed E-state index contributed by atoms with van der Waals surface area (Å²) in [6, 6.07) is -0.932. The van der Waals surface area contributed by atoms with Crippen molar-refractivity contribution in [1.29, 1.82) is 0 Å². The van der Waals surface area contributed by atoms with E-state index in [2.05, 4.69) is 20.0 Å². The molecule has 14 heteroatoms. The van der Waals surface area contributed by atoms with Gasteiger partial charge in [0, 0.05) is 20.2 Å². The number of hydrogen-bond donors (Lipinski definition) is 3. The quantitative estimate of drug-likeness (QED) is 0.260. The van der Waals surface area contributed by atoms with Crippen LogP contribution in [0.4, 0.5) is 11.8 Å². The number of hydrogen-bond acceptors (Lipinski definition) is 11. The van der Waals surface area contributed by atoms with Crippen LogP contribution in [0.1, 0.15) is 46.6 Å². The third-order valence-electron chi connectivity index (χ3n) is 5.88. The van der Waals surface area contributed by atoms with Crippen LogP contribution < -0.4 is 15.7 Å². The number of carbonyl (C=O) groups excluding carboxylic acids is 1. The van der Waals surface area contributed by atoms with Crippen LogP contribution in [0.5, 0.6) is 0 Å². The summed E-state index contributed by atoms with van der Waals surface area (Å²) < 4.78 is 29.9. The van der Waals surface area contributed by atoms with Crippen LogP contribution in [-0.4, -0.2) is 81.8 Å². The molecule has 1 fully saturated rings. The molecule has 13 nitrogen and oxygen atoms in total. The number of aliphatic hydroxyl groups excluding tert-OH is 1. The fraction of sp³-hybridized carbons (Fsp3) is 0.714. The number of nitrogens with two attached hydrogens (primary N) is 1. The maximum atomic E-state index is 12.3. The zero-order chi connectivity index (χ0) is 25.9. The second kappa shape index (κ2) is 11.6. The Morgan fingerprint density at radius 3 is 2.63 bits per heavy atom. The number of nitrogen functional groups attached to an aromatic ring is 1. The Morgan fingerprint density at radius 1 is 1.34 bits per heavy atom. The van der Waals surface area contributed by atoms with E-state index in [0.29, 0.717) is 23.0 Å². The maximum Gasteiger partial charge on any atom is 0.323 e. The van der Waals surface area contributed by atoms with Crippen LogP contribution in [0.2, 0.25) is 0 Å². The Labute approximate surface area is 205 Å². The van der Waals surface area contributed by atoms with E-state index in [1.165, 1.54) is 14.0 Å². The highest BCUT2D eigenvalue weighted by molar-refractivity contribution is 7.36. The first-order valence-electron chi connectivity index (χ1n) is 11.6. The molecular formula is C21H36N7O6P. The first kappa shape index (κ1) is 27.3. The number of methoxy groups -OCH3 is 1. The second-order valence-electron chi connectivity index (χ2n) is 9.03. The van der Waals surface area contributed by atoms with Gasteiger partial charge in [0.2, 0.25) is 5.95 Å². The van der Waals surface area contributed by atoms with Crippen molar-refractivity contribution in [2.75, 3.05) is 31.4 Å². The lowest BCUT2D eigenvalue weighted by Crippen LogP contribution is -2.38. The molecule has 35 heavy (non-hydrogen) atoms. The Bertz CT molecular complexity index is 1050. The van der Waals surface area contributed by atoms with Gasteiger partial charge >= 0.3 is 5.97 Å². The second-order valence-corrected chi connectivity index (χ2v) is 10.2. The molecule has 0 aromatic carbocycles. The lowest BCUT2D eigenvalue weighted by Gasteiger charge is -2.27. The highest BCUT2D eigenvalue weighted by Gasteiger charge is 2.32. The molecule has 2 unspecified atom stereocenters. The fourth-order valence-corrected chi connectivity index (χ4v) is 4.52. The summed E-state index contributed by atoms with van der Waals surface area (Å²) in [4.78, 5) is 27.1. The molecule has 196 valence electrons. The number of nitrogens with one attached hydrogen (secondary N) is 1. The number of ether oxygens (including phenoxy) is 2. The van der Waals surface area contributed by atoms with Gasteiger partial charge in [0.25, 0.3) is 8.18 Å². The topological polar surface area (TPSA) is 167 Å². The van der Waals surface area contributed by atoms with Crippen LogP contribution in [0.3, 0.4) is 0 Å². The summed E-state index contributed by atoms with van der Waals surface area (Å²) >= 11 is 0. The van der Waals surface area contributed by atoms with Crippen molar-refractivity contribution in [2.24, 2.45) is 0 Å². The average Bonchev–Trinajstić information content (AvgIpc) is 3.57. The predicted molar refractivity (Wildman–Crippen MR) is 131 cm³/mol. The Kier molecular flexibility index (Phi) is 9.05. The van der Waals surface area contributed by atoms with Crippen LogP contribution in [0.25, 0.3) is 11.2 Å². The van der Waals surface area contributed by atoms with Crippen molar-refractivity contribution in [1.82, 2.24) is 24.6 Å². The minimum atomic E-state index is -2.80. The summed E-state index contributed by atoms with van der Waals surface area (Å²) in [5.41, 5.74) is 7.06. The molecule has 1 aliphatic rings. The van der Waals surface area contributed by atoms with Gasteiger partial charge in [-0.1, -0.05) is 0 Å². The van der Waals surface area contributed by atoms with Gasteiger partial charge in [-0.05, 0) is 40.5 Å². The normalized spacial score (nSPS) is 18.3. The van der Waals surface area contributed by atoms with Gasteiger partial charge in [-0.3, -0.25) is 9.36 Å². The summed E-state index contributed by atoms with van der Waals surface area (Å²) in [7, 11) is 0.579. The van der Waals surface area contributed by atoms with E-state index < -0.39 is 38.4 Å². The van der Waals surface area contributed by atoms with Crippen LogP contribution >= 0.6 is 8.18 Å². The standard InChI is InChI=1S/C21H36N7O6P/c1-11(2)34-20(30)12(3)26-35(31)33-9-15(32-6)17(29)13(4)28-10-23-16-18(27(5)14-7-8-14)24-21(22)25-19(16)28/h10-15,17,29,35H,7-9H2,1-6H3,(H,26,31)(H2,22,24,25)/t12-,13-,15?,17-/m0/s1. The molecule has 0 radical (unpaired) electrons. The Morgan fingerprint density at radius 2 is 2.03 bits per heavy atom. The molecule has 1 saturated carbocycles. The Balaban J connectivity index is 1.67. The highest BCUT2D eigenvalue weighted by atomic mass is 31.1. The molecule has 2 aromatic heterocycles. The molecule has 2 aromatic rings. The molecule has 3 rings (SSSR count). The number of nitrogens with zero attached hydrogens (tertiary/aromatic N) is 5. The summed E-state index contributed by atoms with van der Waals surface area (Å²) in [5.74, 6) is 0.237. The first-order chi connectivity index (χ1) is 16.5. The first-order valence-corrected chi connectivity index (χ1v) is 12.9. The van der Waals surface area contributed by atoms with Gasteiger partial charge in [-0.15, -0.1) is 0 Å². The summed E-state index contributed by atoms with van der Waals surface area (Å²) in [5, 5.41) is 13.6. The van der Waals surface area contributed by atoms with E-state index in [1.54, 1.807) is 31.7 Å². The van der Waals surface area contributed by atoms with Crippen LogP contribution in [-0.2, 0) is 23.4 Å². The van der Waals surface area contributed by atoms with Crippen LogP contribution in [0, 0.1) is 0 Å². The lowest BCUT2D eigenvalue weighted by atomic mass is 10.1. The van der Waals surface area contributed by atoms with E-state index in [4.69, 9.17) is 19.7 Å². The third-order valence-corrected chi connectivity index (χ3v) is 6.98. The molecule has 0 aliphatic heterocycles. The zero-order valence-corrected chi connectivity index (χ0v) is 22.0. The van der Waals surface area contributed by atoms with Crippen molar-refractivity contribution in [3.8, 4) is 0 Å². The SMILES string of the molecule is COC(CO[PH](=O)N[C@@H](C)C(=O)OC(C)C)[C@@H](O)[C@H](C)n1cnc2c(N(C)C3CC3)nc(N)nc21. The molecule has 2 heterocycles. The third kappa shape index (κ3) is 6.68. The van der Waals surface area contributed by atoms with Gasteiger partial charge in [-0.25, -0.2) is 10.1 Å². The molecule has 0 saturated heterocycles. The number of fused-ring (bicyclic) bond motifs is 1. The fourth-order valence-electron chi connectivity index (χ4n) is 3.65. The van der Waals surface area contributed by atoms with Crippen molar-refractivity contribution in [2.45, 2.75) is 77.0 Å². The van der Waals surface area contributed by atoms with Crippen molar-refractivity contribution in [3.63, 3.8) is 0 Å². The molecule has 0 amide bonds. The number of aliphatic hydroxyl groups is 1. The van der Waals surface area contributed by atoms with E-state index in [-0.39, 0.29) is 18.7 Å². The maximum absolute atomic E-state index is 12.3. The van der Waals surface area contributed by atoms with E-state index >= 15 is 0 Å². The van der Waals surface area contributed by atoms with Gasteiger partial charge < -0.3 is 34.3 Å². The molecule has 0 bridgehead atoms. The smallest absolute Gasteiger partial charge is 0.323 e. The van der Waals surface area contributed by atoms with Crippen molar-refractivity contribution >= 4 is 37.1 Å². The van der Waals surface area contributed by atoms with E-state index in [9.17, 15) is 14.5 Å². The number of rotatable bonds is 13. The summed E-state index contributed by atoms with van der Waals surface area (Å²) in [6.45, 7) is 6.61. The van der Waals surface area contributed by atoms with Gasteiger partial charge in [0.15, 0.2) is 17.0 Å². The van der Waals surface area contributed by atoms with Crippen LogP contribution in [0.15, 0.2) is 6.33 Å². The average molecular weight is 514 g/mol. The number of anilines is 2. The number of aromatic nitrogens is 4. The van der Waals surface area contributed by atoms with Crippen molar-refractivity contribution < 1.29 is 28.5 Å².